The Morgan fingerprint density at radius 1 is 0.521 bits per heavy atom. The zero-order chi connectivity index (χ0) is 49.8. The van der Waals surface area contributed by atoms with Crippen molar-refractivity contribution in [2.45, 2.75) is 39.0 Å². The third-order valence-corrected chi connectivity index (χ3v) is 15.0. The predicted molar refractivity (Wildman–Crippen MR) is 299 cm³/mol. The molecule has 2 N–H and O–H groups in total. The summed E-state index contributed by atoms with van der Waals surface area (Å²) in [6, 6.07) is 56.6. The Balaban J connectivity index is 0.000000169. The minimum atomic E-state index is 0.473. The fourth-order valence-electron chi connectivity index (χ4n) is 8.74. The van der Waals surface area contributed by atoms with Crippen LogP contribution in [0.3, 0.4) is 0 Å². The molecular formula is C61H55N5O5S2. The van der Waals surface area contributed by atoms with Crippen LogP contribution in [0.15, 0.2) is 182 Å². The fraction of sp³-hybridized carbons (Fsp3) is 0.164. The molecule has 0 aliphatic carbocycles. The van der Waals surface area contributed by atoms with Gasteiger partial charge in [-0.1, -0.05) is 79.2 Å². The van der Waals surface area contributed by atoms with E-state index in [4.69, 9.17) is 18.9 Å². The highest BCUT2D eigenvalue weighted by atomic mass is 32.1. The zero-order valence-electron chi connectivity index (χ0n) is 40.8. The number of benzene rings is 6. The molecule has 4 aromatic heterocycles. The minimum absolute atomic E-state index is 0.473. The van der Waals surface area contributed by atoms with E-state index in [-0.39, 0.29) is 0 Å². The van der Waals surface area contributed by atoms with Crippen LogP contribution in [0.1, 0.15) is 46.3 Å². The van der Waals surface area contributed by atoms with Crippen molar-refractivity contribution in [3.05, 3.63) is 205 Å². The number of aromatic nitrogens is 2. The molecular weight excluding hydrogens is 947 g/mol. The van der Waals surface area contributed by atoms with Gasteiger partial charge in [0.1, 0.15) is 42.5 Å². The van der Waals surface area contributed by atoms with E-state index in [1.807, 2.05) is 128 Å². The van der Waals surface area contributed by atoms with Gasteiger partial charge in [0.25, 0.3) is 0 Å². The molecule has 0 saturated carbocycles. The standard InChI is InChI=1S/C33H33N3O2S.C28H22N2O3S/c1-37-28-13-11-24(12-14-28)23-38-29-10-6-9-27(20-29)35-30-15-16-34-31-21-32(39-33(30)31)26-8-5-7-25(19-26)22-36-17-3-2-4-18-36;1-32-23-10-8-19(9-11-23)18-33-24-7-3-6-22(15-24)30-25-12-13-29-26-16-27(34-28(25)26)21-5-2-4-20(14-21)17-31/h5-16,19-21H,2-4,17-18,22-23H2,1H3,(H,34,35);2-17H,18H2,1H3,(H,29,30). The molecule has 0 spiro atoms. The van der Waals surface area contributed by atoms with Crippen LogP contribution in [-0.2, 0) is 19.8 Å². The van der Waals surface area contributed by atoms with E-state index in [0.29, 0.717) is 18.8 Å². The van der Waals surface area contributed by atoms with Crippen molar-refractivity contribution < 1.29 is 23.7 Å². The summed E-state index contributed by atoms with van der Waals surface area (Å²) in [4.78, 5) is 25.2. The predicted octanol–water partition coefficient (Wildman–Crippen LogP) is 15.4. The monoisotopic (exact) mass is 1000 g/mol. The number of nitrogens with one attached hydrogen (secondary N) is 2. The first-order valence-corrected chi connectivity index (χ1v) is 26.0. The van der Waals surface area contributed by atoms with E-state index in [1.54, 1.807) is 49.2 Å². The number of pyridine rings is 2. The van der Waals surface area contributed by atoms with Gasteiger partial charge in [-0.05, 0) is 139 Å². The van der Waals surface area contributed by atoms with E-state index < -0.39 is 0 Å². The van der Waals surface area contributed by atoms with Crippen molar-refractivity contribution in [1.29, 1.82) is 0 Å². The Kier molecular flexibility index (Phi) is 15.6. The molecule has 366 valence electrons. The molecule has 1 aliphatic heterocycles. The number of anilines is 4. The van der Waals surface area contributed by atoms with E-state index in [0.717, 1.165) is 101 Å². The number of rotatable bonds is 17. The van der Waals surface area contributed by atoms with Crippen LogP contribution in [-0.4, -0.2) is 48.5 Å². The maximum Gasteiger partial charge on any atom is 0.150 e. The number of methoxy groups -OCH3 is 2. The molecule has 1 fully saturated rings. The summed E-state index contributed by atoms with van der Waals surface area (Å²) in [7, 11) is 3.33. The second-order valence-corrected chi connectivity index (χ2v) is 19.8. The molecule has 0 radical (unpaired) electrons. The van der Waals surface area contributed by atoms with Gasteiger partial charge in [0, 0.05) is 57.8 Å². The number of fused-ring (bicyclic) bond motifs is 2. The van der Waals surface area contributed by atoms with Crippen LogP contribution in [0.2, 0.25) is 0 Å². The molecule has 0 amide bonds. The lowest BCUT2D eigenvalue weighted by Gasteiger charge is -2.26. The van der Waals surface area contributed by atoms with Crippen LogP contribution in [0.25, 0.3) is 41.3 Å². The summed E-state index contributed by atoms with van der Waals surface area (Å²) in [6.07, 6.45) is 8.53. The van der Waals surface area contributed by atoms with Gasteiger partial charge in [0.2, 0.25) is 0 Å². The Hall–Kier alpha value is -8.03. The lowest BCUT2D eigenvalue weighted by molar-refractivity contribution is 0.112. The van der Waals surface area contributed by atoms with E-state index in [9.17, 15) is 4.79 Å². The molecule has 6 aromatic carbocycles. The van der Waals surface area contributed by atoms with Gasteiger partial charge in [-0.3, -0.25) is 19.7 Å². The van der Waals surface area contributed by atoms with Crippen LogP contribution in [0, 0.1) is 0 Å². The second-order valence-electron chi connectivity index (χ2n) is 17.7. The second kappa shape index (κ2) is 23.5. The Morgan fingerprint density at radius 2 is 1.03 bits per heavy atom. The van der Waals surface area contributed by atoms with Crippen molar-refractivity contribution in [2.75, 3.05) is 37.9 Å². The Labute approximate surface area is 433 Å². The first-order chi connectivity index (χ1) is 35.9. The lowest BCUT2D eigenvalue weighted by Crippen LogP contribution is -2.29. The number of ether oxygens (including phenoxy) is 4. The molecule has 12 heteroatoms. The number of thiophene rings is 2. The lowest BCUT2D eigenvalue weighted by atomic mass is 10.1. The number of nitrogens with zero attached hydrogens (tertiary/aromatic N) is 3. The molecule has 0 bridgehead atoms. The molecule has 10 aromatic rings. The van der Waals surface area contributed by atoms with Gasteiger partial charge in [0.15, 0.2) is 0 Å². The highest BCUT2D eigenvalue weighted by Gasteiger charge is 2.15. The number of carbonyl (C=O) groups is 1. The largest absolute Gasteiger partial charge is 0.497 e. The number of likely N-dealkylation sites (tertiary alicyclic amines) is 1. The molecule has 73 heavy (non-hydrogen) atoms. The average molecular weight is 1000 g/mol. The van der Waals surface area contributed by atoms with Crippen molar-refractivity contribution in [3.63, 3.8) is 0 Å². The van der Waals surface area contributed by atoms with Crippen molar-refractivity contribution in [1.82, 2.24) is 14.9 Å². The summed E-state index contributed by atoms with van der Waals surface area (Å²) in [5, 5.41) is 7.10. The summed E-state index contributed by atoms with van der Waals surface area (Å²) < 4.78 is 24.7. The maximum absolute atomic E-state index is 11.2. The van der Waals surface area contributed by atoms with Gasteiger partial charge in [-0.15, -0.1) is 22.7 Å². The van der Waals surface area contributed by atoms with Crippen LogP contribution in [0.5, 0.6) is 23.0 Å². The van der Waals surface area contributed by atoms with Crippen molar-refractivity contribution in [2.24, 2.45) is 0 Å². The number of hydrogen-bond donors (Lipinski definition) is 2. The highest BCUT2D eigenvalue weighted by Crippen LogP contribution is 2.40. The van der Waals surface area contributed by atoms with E-state index in [2.05, 4.69) is 68.0 Å². The summed E-state index contributed by atoms with van der Waals surface area (Å²) in [5.41, 5.74) is 12.3. The van der Waals surface area contributed by atoms with Gasteiger partial charge in [-0.2, -0.15) is 0 Å². The third kappa shape index (κ3) is 12.5. The number of aldehydes is 1. The first-order valence-electron chi connectivity index (χ1n) is 24.4. The first kappa shape index (κ1) is 48.6. The normalized spacial score (nSPS) is 12.4. The zero-order valence-corrected chi connectivity index (χ0v) is 42.4. The SMILES string of the molecule is COc1ccc(COc2cccc(Nc3ccnc4cc(-c5cccc(C=O)c5)sc34)c2)cc1.COc1ccc(COc2cccc(Nc3ccnc4cc(-c5cccc(CN6CCCCC6)c5)sc34)c2)cc1. The van der Waals surface area contributed by atoms with Gasteiger partial charge >= 0.3 is 0 Å². The van der Waals surface area contributed by atoms with Crippen LogP contribution >= 0.6 is 22.7 Å². The highest BCUT2D eigenvalue weighted by molar-refractivity contribution is 7.23. The maximum atomic E-state index is 11.2. The molecule has 5 heterocycles. The number of hydrogen-bond acceptors (Lipinski definition) is 12. The van der Waals surface area contributed by atoms with Crippen LogP contribution in [0.4, 0.5) is 22.7 Å². The smallest absolute Gasteiger partial charge is 0.150 e. The quantitative estimate of drug-likeness (QED) is 0.0857. The molecule has 0 unspecified atom stereocenters. The van der Waals surface area contributed by atoms with E-state index in [1.165, 1.54) is 48.4 Å². The molecule has 1 aliphatic rings. The average Bonchev–Trinajstić information content (AvgIpc) is 4.10. The number of carbonyl (C=O) groups excluding carboxylic acids is 1. The van der Waals surface area contributed by atoms with Crippen molar-refractivity contribution in [3.8, 4) is 43.9 Å². The Morgan fingerprint density at radius 3 is 1.55 bits per heavy atom. The molecule has 11 rings (SSSR count). The number of piperidine rings is 1. The summed E-state index contributed by atoms with van der Waals surface area (Å²) >= 11 is 3.43. The third-order valence-electron chi connectivity index (χ3n) is 12.6. The van der Waals surface area contributed by atoms with Gasteiger partial charge < -0.3 is 29.6 Å². The topological polar surface area (TPSA) is 107 Å². The molecule has 1 saturated heterocycles. The summed E-state index contributed by atoms with van der Waals surface area (Å²) in [5.74, 6) is 3.27. The molecule has 10 nitrogen and oxygen atoms in total. The van der Waals surface area contributed by atoms with Crippen LogP contribution < -0.4 is 29.6 Å². The molecule has 0 atom stereocenters. The fourth-order valence-corrected chi connectivity index (χ4v) is 10.9. The van der Waals surface area contributed by atoms with E-state index >= 15 is 0 Å². The summed E-state index contributed by atoms with van der Waals surface area (Å²) in [6.45, 7) is 4.42. The van der Waals surface area contributed by atoms with Gasteiger partial charge in [0.05, 0.1) is 46.0 Å². The van der Waals surface area contributed by atoms with Gasteiger partial charge in [-0.25, -0.2) is 0 Å². The minimum Gasteiger partial charge on any atom is -0.497 e. The Bertz CT molecular complexity index is 3440. The van der Waals surface area contributed by atoms with Crippen molar-refractivity contribution >= 4 is 72.1 Å².